The molecular weight excluding hydrogens is 375 g/mol. The molecule has 0 fully saturated rings. The number of amides is 1. The molecule has 4 nitrogen and oxygen atoms in total. The van der Waals surface area contributed by atoms with E-state index in [0.717, 1.165) is 5.56 Å². The zero-order chi connectivity index (χ0) is 20.3. The normalized spacial score (nSPS) is 13.2. The van der Waals surface area contributed by atoms with Gasteiger partial charge in [0.15, 0.2) is 0 Å². The summed E-state index contributed by atoms with van der Waals surface area (Å²) in [4.78, 5) is 18.9. The Morgan fingerprint density at radius 2 is 1.89 bits per heavy atom. The molecule has 0 aliphatic rings. The lowest BCUT2D eigenvalue weighted by Crippen LogP contribution is -2.30. The van der Waals surface area contributed by atoms with Gasteiger partial charge >= 0.3 is 0 Å². The van der Waals surface area contributed by atoms with E-state index in [1.54, 1.807) is 30.0 Å². The van der Waals surface area contributed by atoms with Crippen molar-refractivity contribution in [3.63, 3.8) is 0 Å². The van der Waals surface area contributed by atoms with E-state index >= 15 is 0 Å². The first kappa shape index (κ1) is 20.2. The van der Waals surface area contributed by atoms with Gasteiger partial charge in [-0.1, -0.05) is 24.3 Å². The number of aliphatic hydroxyl groups is 1. The minimum Gasteiger partial charge on any atom is -0.378 e. The standard InChI is InChI=1S/C22H23FN2O2S/c1-4-25(5-2)20(26)16-9-6-8-15(12-16)19-14-28-21(24-19)22(3,27)17-10-7-11-18(23)13-17/h6-14,27H,4-5H2,1-3H3. The van der Waals surface area contributed by atoms with Crippen molar-refractivity contribution in [2.24, 2.45) is 0 Å². The first-order valence-corrected chi connectivity index (χ1v) is 10.1. The summed E-state index contributed by atoms with van der Waals surface area (Å²) in [6, 6.07) is 13.2. The maximum Gasteiger partial charge on any atom is 0.253 e. The van der Waals surface area contributed by atoms with Crippen molar-refractivity contribution < 1.29 is 14.3 Å². The number of carbonyl (C=O) groups is 1. The maximum atomic E-state index is 13.6. The van der Waals surface area contributed by atoms with Crippen molar-refractivity contribution in [2.45, 2.75) is 26.4 Å². The predicted octanol–water partition coefficient (Wildman–Crippen LogP) is 4.69. The van der Waals surface area contributed by atoms with Crippen molar-refractivity contribution in [2.75, 3.05) is 13.1 Å². The first-order valence-electron chi connectivity index (χ1n) is 9.21. The molecule has 28 heavy (non-hydrogen) atoms. The Morgan fingerprint density at radius 1 is 1.18 bits per heavy atom. The fourth-order valence-corrected chi connectivity index (χ4v) is 3.96. The number of halogens is 1. The average Bonchev–Trinajstić information content (AvgIpc) is 3.20. The molecule has 0 aliphatic heterocycles. The van der Waals surface area contributed by atoms with Crippen LogP contribution in [0, 0.1) is 5.82 Å². The van der Waals surface area contributed by atoms with Gasteiger partial charge in [0.1, 0.15) is 16.4 Å². The number of hydrogen-bond donors (Lipinski definition) is 1. The average molecular weight is 399 g/mol. The molecule has 1 N–H and O–H groups in total. The van der Waals surface area contributed by atoms with E-state index in [1.807, 2.05) is 37.4 Å². The Labute approximate surface area is 168 Å². The van der Waals surface area contributed by atoms with Gasteiger partial charge in [-0.25, -0.2) is 9.37 Å². The number of thiazole rings is 1. The predicted molar refractivity (Wildman–Crippen MR) is 110 cm³/mol. The van der Waals surface area contributed by atoms with Crippen LogP contribution in [0.2, 0.25) is 0 Å². The van der Waals surface area contributed by atoms with Gasteiger partial charge in [-0.05, 0) is 50.6 Å². The second kappa shape index (κ2) is 8.20. The lowest BCUT2D eigenvalue weighted by atomic mass is 9.96. The molecule has 1 atom stereocenters. The van der Waals surface area contributed by atoms with Crippen molar-refractivity contribution in [3.8, 4) is 11.3 Å². The summed E-state index contributed by atoms with van der Waals surface area (Å²) in [6.07, 6.45) is 0. The molecule has 1 unspecified atom stereocenters. The third-order valence-electron chi connectivity index (χ3n) is 4.76. The van der Waals surface area contributed by atoms with Gasteiger partial charge < -0.3 is 10.0 Å². The number of benzene rings is 2. The van der Waals surface area contributed by atoms with Crippen molar-refractivity contribution in [3.05, 3.63) is 75.9 Å². The molecule has 6 heteroatoms. The van der Waals surface area contributed by atoms with Crippen LogP contribution in [0.5, 0.6) is 0 Å². The van der Waals surface area contributed by atoms with Gasteiger partial charge in [-0.2, -0.15) is 0 Å². The highest BCUT2D eigenvalue weighted by atomic mass is 32.1. The molecule has 0 aliphatic carbocycles. The lowest BCUT2D eigenvalue weighted by Gasteiger charge is -2.21. The zero-order valence-electron chi connectivity index (χ0n) is 16.1. The molecule has 146 valence electrons. The number of aromatic nitrogens is 1. The van der Waals surface area contributed by atoms with E-state index < -0.39 is 11.4 Å². The highest BCUT2D eigenvalue weighted by Crippen LogP contribution is 2.34. The summed E-state index contributed by atoms with van der Waals surface area (Å²) in [5.41, 5.74) is 1.12. The summed E-state index contributed by atoms with van der Waals surface area (Å²) < 4.78 is 13.6. The molecule has 3 rings (SSSR count). The van der Waals surface area contributed by atoms with Crippen LogP contribution >= 0.6 is 11.3 Å². The van der Waals surface area contributed by atoms with Gasteiger partial charge in [-0.3, -0.25) is 4.79 Å². The SMILES string of the molecule is CCN(CC)C(=O)c1cccc(-c2csc(C(C)(O)c3cccc(F)c3)n2)c1. The maximum absolute atomic E-state index is 13.6. The molecule has 0 saturated carbocycles. The molecule has 0 bridgehead atoms. The summed E-state index contributed by atoms with van der Waals surface area (Å²) in [7, 11) is 0. The van der Waals surface area contributed by atoms with Crippen LogP contribution in [0.4, 0.5) is 4.39 Å². The molecule has 2 aromatic carbocycles. The quantitative estimate of drug-likeness (QED) is 0.656. The largest absolute Gasteiger partial charge is 0.378 e. The topological polar surface area (TPSA) is 53.4 Å². The van der Waals surface area contributed by atoms with E-state index in [0.29, 0.717) is 34.9 Å². The highest BCUT2D eigenvalue weighted by molar-refractivity contribution is 7.10. The van der Waals surface area contributed by atoms with E-state index in [1.165, 1.54) is 23.5 Å². The van der Waals surface area contributed by atoms with Crippen LogP contribution in [-0.2, 0) is 5.60 Å². The highest BCUT2D eigenvalue weighted by Gasteiger charge is 2.29. The van der Waals surface area contributed by atoms with Crippen LogP contribution in [0.25, 0.3) is 11.3 Å². The van der Waals surface area contributed by atoms with Gasteiger partial charge in [0, 0.05) is 29.6 Å². The van der Waals surface area contributed by atoms with E-state index in [-0.39, 0.29) is 5.91 Å². The fraction of sp³-hybridized carbons (Fsp3) is 0.273. The molecule has 0 saturated heterocycles. The molecule has 0 radical (unpaired) electrons. The van der Waals surface area contributed by atoms with E-state index in [9.17, 15) is 14.3 Å². The van der Waals surface area contributed by atoms with Gasteiger partial charge in [0.25, 0.3) is 5.91 Å². The number of nitrogens with zero attached hydrogens (tertiary/aromatic N) is 2. The third kappa shape index (κ3) is 3.98. The van der Waals surface area contributed by atoms with Crippen molar-refractivity contribution in [1.29, 1.82) is 0 Å². The van der Waals surface area contributed by atoms with Crippen LogP contribution in [0.3, 0.4) is 0 Å². The van der Waals surface area contributed by atoms with E-state index in [2.05, 4.69) is 4.98 Å². The first-order chi connectivity index (χ1) is 13.4. The molecule has 1 heterocycles. The van der Waals surface area contributed by atoms with Crippen LogP contribution in [0.1, 0.15) is 41.7 Å². The van der Waals surface area contributed by atoms with Gasteiger partial charge in [0.2, 0.25) is 0 Å². The van der Waals surface area contributed by atoms with E-state index in [4.69, 9.17) is 0 Å². The van der Waals surface area contributed by atoms with Crippen LogP contribution < -0.4 is 0 Å². The molecular formula is C22H23FN2O2S. The Balaban J connectivity index is 1.92. The van der Waals surface area contributed by atoms with Crippen molar-refractivity contribution in [1.82, 2.24) is 9.88 Å². The van der Waals surface area contributed by atoms with Crippen LogP contribution in [-0.4, -0.2) is 34.0 Å². The van der Waals surface area contributed by atoms with Gasteiger partial charge in [-0.15, -0.1) is 11.3 Å². The fourth-order valence-electron chi connectivity index (χ4n) is 3.05. The number of rotatable bonds is 6. The zero-order valence-corrected chi connectivity index (χ0v) is 17.0. The number of hydrogen-bond acceptors (Lipinski definition) is 4. The Morgan fingerprint density at radius 3 is 2.57 bits per heavy atom. The summed E-state index contributed by atoms with van der Waals surface area (Å²) >= 11 is 1.30. The Hall–Kier alpha value is -2.57. The second-order valence-electron chi connectivity index (χ2n) is 6.68. The third-order valence-corrected chi connectivity index (χ3v) is 5.82. The molecule has 1 amide bonds. The smallest absolute Gasteiger partial charge is 0.253 e. The second-order valence-corrected chi connectivity index (χ2v) is 7.54. The minimum atomic E-state index is -1.40. The monoisotopic (exact) mass is 398 g/mol. The number of carbonyl (C=O) groups excluding carboxylic acids is 1. The Kier molecular flexibility index (Phi) is 5.91. The van der Waals surface area contributed by atoms with Crippen molar-refractivity contribution >= 4 is 17.2 Å². The van der Waals surface area contributed by atoms with Crippen LogP contribution in [0.15, 0.2) is 53.9 Å². The molecule has 0 spiro atoms. The molecule has 3 aromatic rings. The Bertz CT molecular complexity index is 980. The lowest BCUT2D eigenvalue weighted by molar-refractivity contribution is 0.0773. The summed E-state index contributed by atoms with van der Waals surface area (Å²) in [5, 5.41) is 13.2. The van der Waals surface area contributed by atoms with Gasteiger partial charge in [0.05, 0.1) is 5.69 Å². The molecule has 1 aromatic heterocycles. The minimum absolute atomic E-state index is 0.0194. The summed E-state index contributed by atoms with van der Waals surface area (Å²) in [5.74, 6) is -0.425. The summed E-state index contributed by atoms with van der Waals surface area (Å²) in [6.45, 7) is 6.80.